The summed E-state index contributed by atoms with van der Waals surface area (Å²) in [7, 11) is 1.55. The number of nitriles is 1. The first-order chi connectivity index (χ1) is 15.8. The summed E-state index contributed by atoms with van der Waals surface area (Å²) in [6.07, 6.45) is -0.0514. The summed E-state index contributed by atoms with van der Waals surface area (Å²) in [6, 6.07) is 9.67. The molecular weight excluding hydrogens is 448 g/mol. The van der Waals surface area contributed by atoms with Crippen molar-refractivity contribution in [2.75, 3.05) is 18.6 Å². The number of carbonyl (C=O) groups is 3. The number of rotatable bonds is 3. The number of hydrogen-bond acceptors (Lipinski definition) is 6. The predicted octanol–water partition coefficient (Wildman–Crippen LogP) is 3.32. The number of fused-ring (bicyclic) bond motifs is 5. The van der Waals surface area contributed by atoms with Crippen LogP contribution >= 0.6 is 11.6 Å². The highest BCUT2D eigenvalue weighted by atomic mass is 35.5. The summed E-state index contributed by atoms with van der Waals surface area (Å²) in [5.74, 6) is 0.580. The van der Waals surface area contributed by atoms with Gasteiger partial charge in [0, 0.05) is 6.54 Å². The van der Waals surface area contributed by atoms with E-state index in [0.29, 0.717) is 29.2 Å². The van der Waals surface area contributed by atoms with Gasteiger partial charge in [-0.25, -0.2) is 14.5 Å². The summed E-state index contributed by atoms with van der Waals surface area (Å²) in [6.45, 7) is 1.95. The van der Waals surface area contributed by atoms with E-state index in [9.17, 15) is 19.6 Å². The highest BCUT2D eigenvalue weighted by Gasteiger charge is 2.63. The molecule has 0 radical (unpaired) electrons. The fraction of sp³-hybridized carbons (Fsp3) is 0.304. The van der Waals surface area contributed by atoms with Crippen LogP contribution in [-0.2, 0) is 4.79 Å². The summed E-state index contributed by atoms with van der Waals surface area (Å²) in [5.41, 5.74) is 1.09. The minimum Gasteiger partial charge on any atom is -0.497 e. The Kier molecular flexibility index (Phi) is 4.91. The van der Waals surface area contributed by atoms with Gasteiger partial charge in [-0.15, -0.1) is 0 Å². The van der Waals surface area contributed by atoms with Crippen LogP contribution in [0.25, 0.3) is 0 Å². The van der Waals surface area contributed by atoms with Gasteiger partial charge in [0.25, 0.3) is 5.91 Å². The molecule has 4 amide bonds. The number of nitrogens with zero attached hydrogens (tertiary/aromatic N) is 4. The number of piperazine rings is 1. The Morgan fingerprint density at radius 1 is 1.15 bits per heavy atom. The third kappa shape index (κ3) is 3.09. The van der Waals surface area contributed by atoms with E-state index in [2.05, 4.69) is 0 Å². The molecule has 0 aromatic heterocycles. The minimum atomic E-state index is -0.784. The zero-order valence-corrected chi connectivity index (χ0v) is 18.6. The fourth-order valence-corrected chi connectivity index (χ4v) is 5.10. The Morgan fingerprint density at radius 3 is 2.52 bits per heavy atom. The lowest BCUT2D eigenvalue weighted by Crippen LogP contribution is -2.55. The van der Waals surface area contributed by atoms with Gasteiger partial charge in [0.05, 0.1) is 35.5 Å². The molecule has 2 aromatic carbocycles. The van der Waals surface area contributed by atoms with Crippen LogP contribution in [0, 0.1) is 18.3 Å². The smallest absolute Gasteiger partial charge is 0.415 e. The van der Waals surface area contributed by atoms with E-state index in [4.69, 9.17) is 21.1 Å². The number of urea groups is 1. The Bertz CT molecular complexity index is 1220. The molecule has 3 heterocycles. The van der Waals surface area contributed by atoms with Crippen LogP contribution < -0.4 is 14.4 Å². The van der Waals surface area contributed by atoms with Crippen molar-refractivity contribution >= 4 is 35.3 Å². The van der Waals surface area contributed by atoms with E-state index in [1.807, 2.05) is 6.07 Å². The molecule has 0 saturated carbocycles. The van der Waals surface area contributed by atoms with Crippen LogP contribution in [0.3, 0.4) is 0 Å². The molecule has 9 nitrogen and oxygen atoms in total. The van der Waals surface area contributed by atoms with Crippen molar-refractivity contribution in [2.24, 2.45) is 0 Å². The number of carbonyl (C=O) groups excluding carboxylic acids is 3. The Morgan fingerprint density at radius 2 is 1.85 bits per heavy atom. The van der Waals surface area contributed by atoms with Gasteiger partial charge in [-0.3, -0.25) is 4.79 Å². The zero-order chi connectivity index (χ0) is 23.4. The molecule has 0 spiro atoms. The minimum absolute atomic E-state index is 0.204. The molecule has 2 aromatic rings. The first-order valence-corrected chi connectivity index (χ1v) is 10.7. The molecule has 3 unspecified atom stereocenters. The van der Waals surface area contributed by atoms with E-state index in [1.54, 1.807) is 49.3 Å². The van der Waals surface area contributed by atoms with Gasteiger partial charge >= 0.3 is 12.1 Å². The molecule has 2 bridgehead atoms. The number of hydrogen-bond donors (Lipinski definition) is 0. The second kappa shape index (κ2) is 7.67. The number of anilines is 1. The fourth-order valence-electron chi connectivity index (χ4n) is 4.90. The first-order valence-electron chi connectivity index (χ1n) is 10.3. The van der Waals surface area contributed by atoms with E-state index in [0.717, 1.165) is 4.90 Å². The van der Waals surface area contributed by atoms with Gasteiger partial charge < -0.3 is 19.3 Å². The molecule has 33 heavy (non-hydrogen) atoms. The normalized spacial score (nSPS) is 23.1. The topological polar surface area (TPSA) is 103 Å². The van der Waals surface area contributed by atoms with Crippen LogP contribution in [0.5, 0.6) is 11.5 Å². The molecule has 3 atom stereocenters. The van der Waals surface area contributed by atoms with Crippen LogP contribution in [-0.4, -0.2) is 59.6 Å². The molecule has 0 aliphatic carbocycles. The lowest BCUT2D eigenvalue weighted by Gasteiger charge is -2.34. The van der Waals surface area contributed by atoms with Crippen LogP contribution in [0.1, 0.15) is 17.5 Å². The summed E-state index contributed by atoms with van der Waals surface area (Å²) < 4.78 is 10.6. The molecule has 3 fully saturated rings. The molecule has 3 aliphatic heterocycles. The maximum atomic E-state index is 13.4. The van der Waals surface area contributed by atoms with Gasteiger partial charge in [0.2, 0.25) is 0 Å². The molecule has 3 saturated heterocycles. The van der Waals surface area contributed by atoms with E-state index in [1.165, 1.54) is 11.0 Å². The highest BCUT2D eigenvalue weighted by molar-refractivity contribution is 6.33. The highest BCUT2D eigenvalue weighted by Crippen LogP contribution is 2.43. The average molecular weight is 467 g/mol. The van der Waals surface area contributed by atoms with Gasteiger partial charge in [-0.1, -0.05) is 11.6 Å². The van der Waals surface area contributed by atoms with Gasteiger partial charge in [-0.05, 0) is 55.3 Å². The van der Waals surface area contributed by atoms with Gasteiger partial charge in [0.1, 0.15) is 23.6 Å². The molecule has 168 valence electrons. The Hall–Kier alpha value is -3.77. The number of benzene rings is 2. The van der Waals surface area contributed by atoms with Gasteiger partial charge in [-0.2, -0.15) is 5.26 Å². The number of ether oxygens (including phenoxy) is 2. The number of halogens is 1. The average Bonchev–Trinajstić information content (AvgIpc) is 3.48. The van der Waals surface area contributed by atoms with E-state index < -0.39 is 30.1 Å². The monoisotopic (exact) mass is 466 g/mol. The van der Waals surface area contributed by atoms with E-state index in [-0.39, 0.29) is 23.2 Å². The van der Waals surface area contributed by atoms with Crippen molar-refractivity contribution in [1.29, 1.82) is 5.26 Å². The van der Waals surface area contributed by atoms with Crippen LogP contribution in [0.15, 0.2) is 36.4 Å². The second-order valence-corrected chi connectivity index (χ2v) is 8.52. The number of methoxy groups -OCH3 is 1. The van der Waals surface area contributed by atoms with Crippen molar-refractivity contribution in [1.82, 2.24) is 9.80 Å². The maximum absolute atomic E-state index is 13.4. The van der Waals surface area contributed by atoms with Crippen LogP contribution in [0.4, 0.5) is 15.3 Å². The molecule has 5 rings (SSSR count). The van der Waals surface area contributed by atoms with Gasteiger partial charge in [0.15, 0.2) is 0 Å². The predicted molar refractivity (Wildman–Crippen MR) is 117 cm³/mol. The standard InChI is InChI=1S/C23H19ClN4O5/c1-12-17(8-3-13(10-25)19(12)24)28-21(29)20-18-9-14(27(20)22(28)30)11-26(18)23(31)33-16-6-4-15(32-2)5-7-16/h3-8,14,18,20H,9,11H2,1-2H3. The van der Waals surface area contributed by atoms with E-state index >= 15 is 0 Å². The van der Waals surface area contributed by atoms with Crippen molar-refractivity contribution in [3.05, 3.63) is 52.5 Å². The lowest BCUT2D eigenvalue weighted by atomic mass is 10.1. The third-order valence-corrected chi connectivity index (χ3v) is 6.97. The summed E-state index contributed by atoms with van der Waals surface area (Å²) >= 11 is 6.26. The van der Waals surface area contributed by atoms with Crippen LogP contribution in [0.2, 0.25) is 5.02 Å². The number of imide groups is 1. The Labute approximate surface area is 194 Å². The van der Waals surface area contributed by atoms with Crippen molar-refractivity contribution in [2.45, 2.75) is 31.5 Å². The lowest BCUT2D eigenvalue weighted by molar-refractivity contribution is -0.121. The maximum Gasteiger partial charge on any atom is 0.415 e. The quantitative estimate of drug-likeness (QED) is 0.643. The van der Waals surface area contributed by atoms with Crippen molar-refractivity contribution < 1.29 is 23.9 Å². The van der Waals surface area contributed by atoms with Crippen molar-refractivity contribution in [3.8, 4) is 17.6 Å². The largest absolute Gasteiger partial charge is 0.497 e. The first kappa shape index (κ1) is 21.1. The number of amides is 4. The molecule has 0 N–H and O–H groups in total. The summed E-state index contributed by atoms with van der Waals surface area (Å²) in [4.78, 5) is 43.6. The van der Waals surface area contributed by atoms with Crippen molar-refractivity contribution in [3.63, 3.8) is 0 Å². The Balaban J connectivity index is 1.38. The second-order valence-electron chi connectivity index (χ2n) is 8.14. The third-order valence-electron chi connectivity index (χ3n) is 6.48. The zero-order valence-electron chi connectivity index (χ0n) is 17.8. The molecule has 3 aliphatic rings. The molecular formula is C23H19ClN4O5. The SMILES string of the molecule is COc1ccc(OC(=O)N2CC3CC2C2C(=O)N(c4ccc(C#N)c(Cl)c4C)C(=O)N32)cc1. The molecule has 10 heteroatoms. The number of likely N-dealkylation sites (tertiary alicyclic amines) is 1. The summed E-state index contributed by atoms with van der Waals surface area (Å²) in [5, 5.41) is 9.38.